The quantitative estimate of drug-likeness (QED) is 0.548. The zero-order valence-electron chi connectivity index (χ0n) is 16.0. The zero-order valence-corrected chi connectivity index (χ0v) is 16.0. The van der Waals surface area contributed by atoms with Gasteiger partial charge in [0.2, 0.25) is 5.78 Å². The van der Waals surface area contributed by atoms with Crippen LogP contribution in [0.1, 0.15) is 16.1 Å². The van der Waals surface area contributed by atoms with Crippen molar-refractivity contribution < 1.29 is 23.8 Å². The van der Waals surface area contributed by atoms with E-state index in [1.165, 1.54) is 9.80 Å². The minimum absolute atomic E-state index is 0.0942. The van der Waals surface area contributed by atoms with Crippen molar-refractivity contribution in [1.82, 2.24) is 0 Å². The van der Waals surface area contributed by atoms with E-state index in [0.29, 0.717) is 23.4 Å². The maximum absolute atomic E-state index is 13.0. The summed E-state index contributed by atoms with van der Waals surface area (Å²) in [6.45, 7) is 4.47. The molecule has 1 amide bonds. The highest BCUT2D eigenvalue weighted by molar-refractivity contribution is 6.17. The highest BCUT2D eigenvalue weighted by Crippen LogP contribution is 2.32. The minimum atomic E-state index is -0.234. The van der Waals surface area contributed by atoms with Gasteiger partial charge in [-0.3, -0.25) is 9.59 Å². The van der Waals surface area contributed by atoms with Gasteiger partial charge in [0.05, 0.1) is 12.7 Å². The van der Waals surface area contributed by atoms with Gasteiger partial charge < -0.3 is 19.5 Å². The highest BCUT2D eigenvalue weighted by atomic mass is 16.3. The summed E-state index contributed by atoms with van der Waals surface area (Å²) in [6, 6.07) is 16.4. The SMILES string of the molecule is C[NH+]1CC[NH+](CC(=O)Nc2c(C(=O)c3ccccc3)oc3ccccc23)CC1. The zero-order chi connectivity index (χ0) is 19.5. The molecule has 1 aliphatic heterocycles. The topological polar surface area (TPSA) is 68.2 Å². The third-order valence-electron chi connectivity index (χ3n) is 5.32. The van der Waals surface area contributed by atoms with Crippen LogP contribution < -0.4 is 15.1 Å². The molecule has 0 unspecified atom stereocenters. The van der Waals surface area contributed by atoms with Crippen LogP contribution in [0.15, 0.2) is 59.0 Å². The standard InChI is InChI=1S/C22H23N3O3/c1-24-11-13-25(14-12-24)15-19(26)23-20-17-9-5-6-10-18(17)28-22(20)21(27)16-7-3-2-4-8-16/h2-10H,11-15H2,1H3,(H,23,26)/p+2. The third-order valence-corrected chi connectivity index (χ3v) is 5.32. The first-order chi connectivity index (χ1) is 13.6. The molecule has 0 spiro atoms. The molecule has 28 heavy (non-hydrogen) atoms. The molecule has 0 bridgehead atoms. The molecule has 1 saturated heterocycles. The molecule has 1 aromatic heterocycles. The van der Waals surface area contributed by atoms with Crippen LogP contribution in [-0.4, -0.2) is 51.5 Å². The molecule has 0 radical (unpaired) electrons. The van der Waals surface area contributed by atoms with Crippen molar-refractivity contribution in [2.45, 2.75) is 0 Å². The van der Waals surface area contributed by atoms with Crippen LogP contribution in [0.4, 0.5) is 5.69 Å². The second kappa shape index (κ2) is 7.96. The van der Waals surface area contributed by atoms with Gasteiger partial charge in [0.25, 0.3) is 5.91 Å². The number of benzene rings is 2. The first-order valence-corrected chi connectivity index (χ1v) is 9.68. The van der Waals surface area contributed by atoms with Crippen molar-refractivity contribution in [2.75, 3.05) is 45.1 Å². The number of carbonyl (C=O) groups excluding carboxylic acids is 2. The Labute approximate surface area is 163 Å². The van der Waals surface area contributed by atoms with E-state index in [1.807, 2.05) is 36.4 Å². The van der Waals surface area contributed by atoms with E-state index >= 15 is 0 Å². The Hall–Kier alpha value is -2.96. The number of anilines is 1. The van der Waals surface area contributed by atoms with Gasteiger partial charge in [0.1, 0.15) is 31.8 Å². The van der Waals surface area contributed by atoms with Crippen molar-refractivity contribution >= 4 is 28.3 Å². The fourth-order valence-electron chi connectivity index (χ4n) is 3.67. The number of ketones is 1. The predicted molar refractivity (Wildman–Crippen MR) is 107 cm³/mol. The molecule has 2 heterocycles. The van der Waals surface area contributed by atoms with Gasteiger partial charge in [-0.05, 0) is 12.1 Å². The van der Waals surface area contributed by atoms with E-state index in [9.17, 15) is 9.59 Å². The van der Waals surface area contributed by atoms with Gasteiger partial charge in [-0.25, -0.2) is 0 Å². The second-order valence-corrected chi connectivity index (χ2v) is 7.43. The molecule has 6 heteroatoms. The van der Waals surface area contributed by atoms with Crippen LogP contribution >= 0.6 is 0 Å². The van der Waals surface area contributed by atoms with E-state index in [1.54, 1.807) is 18.2 Å². The van der Waals surface area contributed by atoms with E-state index in [2.05, 4.69) is 12.4 Å². The molecule has 0 saturated carbocycles. The lowest BCUT2D eigenvalue weighted by molar-refractivity contribution is -0.999. The number of hydrogen-bond acceptors (Lipinski definition) is 3. The molecule has 3 aromatic rings. The average molecular weight is 379 g/mol. The van der Waals surface area contributed by atoms with Crippen LogP contribution in [0.2, 0.25) is 0 Å². The van der Waals surface area contributed by atoms with Crippen LogP contribution in [0.25, 0.3) is 11.0 Å². The van der Waals surface area contributed by atoms with E-state index in [4.69, 9.17) is 4.42 Å². The van der Waals surface area contributed by atoms with Gasteiger partial charge in [-0.2, -0.15) is 0 Å². The molecular formula is C22H25N3O3+2. The molecule has 6 nitrogen and oxygen atoms in total. The lowest BCUT2D eigenvalue weighted by Gasteiger charge is -2.26. The second-order valence-electron chi connectivity index (χ2n) is 7.43. The van der Waals surface area contributed by atoms with E-state index in [-0.39, 0.29) is 17.5 Å². The first kappa shape index (κ1) is 18.4. The minimum Gasteiger partial charge on any atom is -0.450 e. The maximum Gasteiger partial charge on any atom is 0.279 e. The van der Waals surface area contributed by atoms with Gasteiger partial charge in [0.15, 0.2) is 12.3 Å². The summed E-state index contributed by atoms with van der Waals surface area (Å²) in [5.41, 5.74) is 1.59. The van der Waals surface area contributed by atoms with Gasteiger partial charge in [0, 0.05) is 10.9 Å². The summed E-state index contributed by atoms with van der Waals surface area (Å²) >= 11 is 0. The number of amides is 1. The Bertz CT molecular complexity index is 989. The lowest BCUT2D eigenvalue weighted by atomic mass is 10.1. The van der Waals surface area contributed by atoms with Crippen LogP contribution in [0.3, 0.4) is 0 Å². The molecule has 1 aliphatic rings. The highest BCUT2D eigenvalue weighted by Gasteiger charge is 2.26. The van der Waals surface area contributed by atoms with Crippen molar-refractivity contribution in [2.24, 2.45) is 0 Å². The number of nitrogens with one attached hydrogen (secondary N) is 3. The van der Waals surface area contributed by atoms with Gasteiger partial charge in [-0.15, -0.1) is 0 Å². The number of hydrogen-bond donors (Lipinski definition) is 3. The van der Waals surface area contributed by atoms with Crippen molar-refractivity contribution in [3.63, 3.8) is 0 Å². The Morgan fingerprint density at radius 2 is 1.64 bits per heavy atom. The van der Waals surface area contributed by atoms with Crippen LogP contribution in [-0.2, 0) is 4.79 Å². The third kappa shape index (κ3) is 3.83. The Morgan fingerprint density at radius 1 is 0.964 bits per heavy atom. The van der Waals surface area contributed by atoms with Crippen molar-refractivity contribution in [3.8, 4) is 0 Å². The maximum atomic E-state index is 13.0. The average Bonchev–Trinajstić information content (AvgIpc) is 3.08. The monoisotopic (exact) mass is 379 g/mol. The fourth-order valence-corrected chi connectivity index (χ4v) is 3.67. The predicted octanol–water partition coefficient (Wildman–Crippen LogP) is 0.0155. The van der Waals surface area contributed by atoms with Gasteiger partial charge in [-0.1, -0.05) is 42.5 Å². The fraction of sp³-hybridized carbons (Fsp3) is 0.273. The number of rotatable bonds is 5. The Morgan fingerprint density at radius 3 is 2.39 bits per heavy atom. The molecule has 0 atom stereocenters. The smallest absolute Gasteiger partial charge is 0.279 e. The molecule has 144 valence electrons. The summed E-state index contributed by atoms with van der Waals surface area (Å²) in [4.78, 5) is 28.5. The summed E-state index contributed by atoms with van der Waals surface area (Å²) in [5.74, 6) is -0.149. The summed E-state index contributed by atoms with van der Waals surface area (Å²) < 4.78 is 5.85. The molecule has 2 aromatic carbocycles. The Balaban J connectivity index is 1.60. The molecule has 4 rings (SSSR count). The number of carbonyl (C=O) groups is 2. The molecule has 3 N–H and O–H groups in total. The van der Waals surface area contributed by atoms with Gasteiger partial charge >= 0.3 is 0 Å². The molecule has 1 fully saturated rings. The summed E-state index contributed by atoms with van der Waals surface area (Å²) in [6.07, 6.45) is 0. The lowest BCUT2D eigenvalue weighted by Crippen LogP contribution is -3.27. The number of fused-ring (bicyclic) bond motifs is 1. The number of likely N-dealkylation sites (N-methyl/N-ethyl adjacent to an activating group) is 1. The first-order valence-electron chi connectivity index (χ1n) is 9.68. The van der Waals surface area contributed by atoms with Crippen molar-refractivity contribution in [1.29, 1.82) is 0 Å². The summed E-state index contributed by atoms with van der Waals surface area (Å²) in [7, 11) is 2.18. The van der Waals surface area contributed by atoms with Crippen LogP contribution in [0, 0.1) is 0 Å². The summed E-state index contributed by atoms with van der Waals surface area (Å²) in [5, 5.41) is 3.71. The Kier molecular flexibility index (Phi) is 5.23. The number of quaternary nitrogens is 2. The normalized spacial score (nSPS) is 19.5. The van der Waals surface area contributed by atoms with E-state index < -0.39 is 0 Å². The number of para-hydroxylation sites is 1. The molecule has 0 aliphatic carbocycles. The molecular weight excluding hydrogens is 354 g/mol. The van der Waals surface area contributed by atoms with Crippen LogP contribution in [0.5, 0.6) is 0 Å². The van der Waals surface area contributed by atoms with E-state index in [0.717, 1.165) is 31.6 Å². The number of furan rings is 1. The van der Waals surface area contributed by atoms with Crippen molar-refractivity contribution in [3.05, 3.63) is 65.9 Å². The number of piperazine rings is 1. The largest absolute Gasteiger partial charge is 0.450 e.